The molecule has 25 heavy (non-hydrogen) atoms. The number of hydrogen-bond donors (Lipinski definition) is 1. The minimum absolute atomic E-state index is 0.0981. The Morgan fingerprint density at radius 3 is 2.12 bits per heavy atom. The number of esters is 2. The van der Waals surface area contributed by atoms with Gasteiger partial charge in [0.25, 0.3) is 0 Å². The van der Waals surface area contributed by atoms with Crippen molar-refractivity contribution in [1.29, 1.82) is 0 Å². The van der Waals surface area contributed by atoms with Gasteiger partial charge in [-0.05, 0) is 39.5 Å². The Kier molecular flexibility index (Phi) is 10.9. The van der Waals surface area contributed by atoms with Gasteiger partial charge in [0.1, 0.15) is 11.6 Å². The molecule has 0 spiro atoms. The summed E-state index contributed by atoms with van der Waals surface area (Å²) in [7, 11) is 0. The van der Waals surface area contributed by atoms with E-state index in [0.717, 1.165) is 12.8 Å². The molecule has 7 nitrogen and oxygen atoms in total. The quantitative estimate of drug-likeness (QED) is 0.366. The highest BCUT2D eigenvalue weighted by atomic mass is 16.6. The summed E-state index contributed by atoms with van der Waals surface area (Å²) in [5.41, 5.74) is -0.645. The SMILES string of the molecule is CCCCOC(=O)CCCOC(=O)[C@@H](NC(=O)OC(C)(C)C)C(C)C. The molecule has 0 fully saturated rings. The maximum absolute atomic E-state index is 12.1. The summed E-state index contributed by atoms with van der Waals surface area (Å²) in [6.45, 7) is 11.4. The zero-order chi connectivity index (χ0) is 19.5. The molecule has 0 bridgehead atoms. The van der Waals surface area contributed by atoms with Crippen LogP contribution in [0, 0.1) is 5.92 Å². The van der Waals surface area contributed by atoms with Crippen LogP contribution in [0.3, 0.4) is 0 Å². The van der Waals surface area contributed by atoms with E-state index in [4.69, 9.17) is 14.2 Å². The first-order chi connectivity index (χ1) is 11.6. The fraction of sp³-hybridized carbons (Fsp3) is 0.833. The zero-order valence-electron chi connectivity index (χ0n) is 16.3. The van der Waals surface area contributed by atoms with Crippen molar-refractivity contribution in [3.05, 3.63) is 0 Å². The van der Waals surface area contributed by atoms with Crippen LogP contribution in [0.25, 0.3) is 0 Å². The average molecular weight is 359 g/mol. The summed E-state index contributed by atoms with van der Waals surface area (Å²) < 4.78 is 15.3. The van der Waals surface area contributed by atoms with E-state index in [-0.39, 0.29) is 24.9 Å². The standard InChI is InChI=1S/C18H33NO6/c1-7-8-11-23-14(20)10-9-12-24-16(21)15(13(2)3)19-17(22)25-18(4,5)6/h13,15H,7-12H2,1-6H3,(H,19,22)/t15-/m0/s1. The van der Waals surface area contributed by atoms with E-state index in [1.165, 1.54) is 0 Å². The van der Waals surface area contributed by atoms with Crippen molar-refractivity contribution in [1.82, 2.24) is 5.32 Å². The molecule has 0 aliphatic carbocycles. The van der Waals surface area contributed by atoms with Crippen molar-refractivity contribution < 1.29 is 28.6 Å². The Labute approximate surface area is 150 Å². The van der Waals surface area contributed by atoms with E-state index < -0.39 is 23.7 Å². The maximum atomic E-state index is 12.1. The molecular formula is C18H33NO6. The number of amides is 1. The van der Waals surface area contributed by atoms with E-state index in [2.05, 4.69) is 5.32 Å². The Hall–Kier alpha value is -1.79. The van der Waals surface area contributed by atoms with Crippen molar-refractivity contribution in [2.24, 2.45) is 5.92 Å². The molecule has 0 heterocycles. The number of ether oxygens (including phenoxy) is 3. The number of rotatable bonds is 10. The van der Waals surface area contributed by atoms with Crippen LogP contribution >= 0.6 is 0 Å². The van der Waals surface area contributed by atoms with Crippen molar-refractivity contribution >= 4 is 18.0 Å². The summed E-state index contributed by atoms with van der Waals surface area (Å²) in [5, 5.41) is 2.53. The highest BCUT2D eigenvalue weighted by molar-refractivity contribution is 5.81. The fourth-order valence-electron chi connectivity index (χ4n) is 1.81. The molecule has 0 radical (unpaired) electrons. The van der Waals surface area contributed by atoms with Gasteiger partial charge in [-0.1, -0.05) is 27.2 Å². The molecule has 7 heteroatoms. The highest BCUT2D eigenvalue weighted by Crippen LogP contribution is 2.10. The molecule has 0 aromatic heterocycles. The lowest BCUT2D eigenvalue weighted by Crippen LogP contribution is -2.47. The normalized spacial score (nSPS) is 12.4. The smallest absolute Gasteiger partial charge is 0.408 e. The predicted octanol–water partition coefficient (Wildman–Crippen LogP) is 3.20. The van der Waals surface area contributed by atoms with Crippen LogP contribution in [0.5, 0.6) is 0 Å². The van der Waals surface area contributed by atoms with Crippen LogP contribution < -0.4 is 5.32 Å². The first kappa shape index (κ1) is 23.2. The monoisotopic (exact) mass is 359 g/mol. The van der Waals surface area contributed by atoms with Crippen LogP contribution in [0.2, 0.25) is 0 Å². The second-order valence-corrected chi connectivity index (χ2v) is 7.21. The second-order valence-electron chi connectivity index (χ2n) is 7.21. The average Bonchev–Trinajstić information content (AvgIpc) is 2.47. The van der Waals surface area contributed by atoms with Crippen LogP contribution in [0.1, 0.15) is 67.2 Å². The second kappa shape index (κ2) is 11.7. The number of alkyl carbamates (subject to hydrolysis) is 1. The van der Waals surface area contributed by atoms with Crippen LogP contribution in [0.15, 0.2) is 0 Å². The van der Waals surface area contributed by atoms with E-state index in [1.807, 2.05) is 6.92 Å². The lowest BCUT2D eigenvalue weighted by atomic mass is 10.1. The number of unbranched alkanes of at least 4 members (excludes halogenated alkanes) is 1. The minimum Gasteiger partial charge on any atom is -0.466 e. The summed E-state index contributed by atoms with van der Waals surface area (Å²) in [6.07, 6.45) is 1.72. The van der Waals surface area contributed by atoms with Gasteiger partial charge in [-0.3, -0.25) is 4.79 Å². The molecule has 146 valence electrons. The van der Waals surface area contributed by atoms with E-state index in [9.17, 15) is 14.4 Å². The molecule has 0 aliphatic rings. The summed E-state index contributed by atoms with van der Waals surface area (Å²) >= 11 is 0. The van der Waals surface area contributed by atoms with Crippen molar-refractivity contribution in [3.63, 3.8) is 0 Å². The molecule has 0 saturated carbocycles. The Balaban J connectivity index is 4.21. The largest absolute Gasteiger partial charge is 0.466 e. The van der Waals surface area contributed by atoms with Crippen molar-refractivity contribution in [2.75, 3.05) is 13.2 Å². The third-order valence-corrected chi connectivity index (χ3v) is 3.12. The van der Waals surface area contributed by atoms with Gasteiger partial charge in [-0.15, -0.1) is 0 Å². The van der Waals surface area contributed by atoms with Crippen LogP contribution in [-0.2, 0) is 23.8 Å². The first-order valence-corrected chi connectivity index (χ1v) is 8.88. The fourth-order valence-corrected chi connectivity index (χ4v) is 1.81. The number of carbonyl (C=O) groups is 3. The number of nitrogens with one attached hydrogen (secondary N) is 1. The number of carbonyl (C=O) groups excluding carboxylic acids is 3. The van der Waals surface area contributed by atoms with E-state index in [0.29, 0.717) is 13.0 Å². The summed E-state index contributed by atoms with van der Waals surface area (Å²) in [4.78, 5) is 35.4. The van der Waals surface area contributed by atoms with Crippen molar-refractivity contribution in [3.8, 4) is 0 Å². The molecule has 1 N–H and O–H groups in total. The van der Waals surface area contributed by atoms with Crippen molar-refractivity contribution in [2.45, 2.75) is 78.9 Å². The first-order valence-electron chi connectivity index (χ1n) is 8.88. The Morgan fingerprint density at radius 2 is 1.60 bits per heavy atom. The Bertz CT molecular complexity index is 428. The van der Waals surface area contributed by atoms with Gasteiger partial charge < -0.3 is 19.5 Å². The topological polar surface area (TPSA) is 90.9 Å². The van der Waals surface area contributed by atoms with E-state index >= 15 is 0 Å². The zero-order valence-corrected chi connectivity index (χ0v) is 16.3. The predicted molar refractivity (Wildman–Crippen MR) is 94.1 cm³/mol. The maximum Gasteiger partial charge on any atom is 0.408 e. The third-order valence-electron chi connectivity index (χ3n) is 3.12. The van der Waals surface area contributed by atoms with Crippen LogP contribution in [0.4, 0.5) is 4.79 Å². The molecule has 0 saturated heterocycles. The molecule has 1 atom stereocenters. The summed E-state index contributed by atoms with van der Waals surface area (Å²) in [6, 6.07) is -0.800. The molecule has 0 rings (SSSR count). The van der Waals surface area contributed by atoms with Gasteiger partial charge in [0.15, 0.2) is 0 Å². The van der Waals surface area contributed by atoms with Gasteiger partial charge in [0.2, 0.25) is 0 Å². The minimum atomic E-state index is -0.800. The molecule has 1 amide bonds. The highest BCUT2D eigenvalue weighted by Gasteiger charge is 2.28. The van der Waals surface area contributed by atoms with Crippen LogP contribution in [-0.4, -0.2) is 42.9 Å². The molecular weight excluding hydrogens is 326 g/mol. The lowest BCUT2D eigenvalue weighted by Gasteiger charge is -2.24. The third kappa shape index (κ3) is 12.3. The van der Waals surface area contributed by atoms with Gasteiger partial charge in [0, 0.05) is 6.42 Å². The molecule has 0 aromatic carbocycles. The number of hydrogen-bond acceptors (Lipinski definition) is 6. The molecule has 0 aromatic rings. The lowest BCUT2D eigenvalue weighted by molar-refractivity contribution is -0.150. The molecule has 0 unspecified atom stereocenters. The van der Waals surface area contributed by atoms with Gasteiger partial charge in [-0.25, -0.2) is 9.59 Å². The van der Waals surface area contributed by atoms with Gasteiger partial charge in [-0.2, -0.15) is 0 Å². The van der Waals surface area contributed by atoms with Gasteiger partial charge in [0.05, 0.1) is 13.2 Å². The summed E-state index contributed by atoms with van der Waals surface area (Å²) in [5.74, 6) is -0.990. The van der Waals surface area contributed by atoms with E-state index in [1.54, 1.807) is 34.6 Å². The Morgan fingerprint density at radius 1 is 1.00 bits per heavy atom. The van der Waals surface area contributed by atoms with Gasteiger partial charge >= 0.3 is 18.0 Å². The molecule has 0 aliphatic heterocycles.